The van der Waals surface area contributed by atoms with Gasteiger partial charge in [0.1, 0.15) is 11.3 Å². The minimum absolute atomic E-state index is 0.210. The molecule has 0 bridgehead atoms. The molecule has 0 heterocycles. The molecule has 0 radical (unpaired) electrons. The molecule has 0 fully saturated rings. The molecule has 7 nitrogen and oxygen atoms in total. The van der Waals surface area contributed by atoms with Crippen molar-refractivity contribution in [1.82, 2.24) is 5.32 Å². The summed E-state index contributed by atoms with van der Waals surface area (Å²) in [5, 5.41) is 1.91. The molecule has 1 unspecified atom stereocenters. The monoisotopic (exact) mass is 308 g/mol. The molecule has 120 valence electrons. The van der Waals surface area contributed by atoms with Crippen molar-refractivity contribution < 1.29 is 23.9 Å². The summed E-state index contributed by atoms with van der Waals surface area (Å²) in [7, 11) is 0. The highest BCUT2D eigenvalue weighted by Crippen LogP contribution is 2.20. The predicted octanol–water partition coefficient (Wildman–Crippen LogP) is 1.46. The average Bonchev–Trinajstić information content (AvgIpc) is 2.44. The number of esters is 1. The zero-order valence-electron chi connectivity index (χ0n) is 12.8. The van der Waals surface area contributed by atoms with Gasteiger partial charge in [-0.2, -0.15) is 0 Å². The number of hydrogen-bond acceptors (Lipinski definition) is 5. The molecular weight excluding hydrogens is 288 g/mol. The van der Waals surface area contributed by atoms with Crippen LogP contribution in [-0.4, -0.2) is 30.6 Å². The third kappa shape index (κ3) is 4.76. The van der Waals surface area contributed by atoms with E-state index in [2.05, 4.69) is 0 Å². The fourth-order valence-electron chi connectivity index (χ4n) is 1.78. The van der Waals surface area contributed by atoms with Crippen LogP contribution in [0.4, 0.5) is 4.79 Å². The fraction of sp³-hybridized carbons (Fsp3) is 0.400. The minimum atomic E-state index is -1.13. The SMILES string of the molecule is CCOc1ccccc1C(=O)OC(C(=O)NC(N)=O)C(C)C. The number of nitrogens with two attached hydrogens (primary N) is 1. The third-order valence-electron chi connectivity index (χ3n) is 2.75. The smallest absolute Gasteiger partial charge is 0.342 e. The van der Waals surface area contributed by atoms with Gasteiger partial charge in [-0.1, -0.05) is 26.0 Å². The van der Waals surface area contributed by atoms with E-state index in [0.29, 0.717) is 12.4 Å². The van der Waals surface area contributed by atoms with Crippen LogP contribution in [0.15, 0.2) is 24.3 Å². The normalized spacial score (nSPS) is 11.6. The molecule has 0 aromatic heterocycles. The van der Waals surface area contributed by atoms with Gasteiger partial charge < -0.3 is 15.2 Å². The van der Waals surface area contributed by atoms with Gasteiger partial charge in [-0.05, 0) is 25.0 Å². The molecule has 0 spiro atoms. The maximum Gasteiger partial charge on any atom is 0.342 e. The molecule has 1 aromatic carbocycles. The Hall–Kier alpha value is -2.57. The summed E-state index contributed by atoms with van der Waals surface area (Å²) in [6.45, 7) is 5.55. The van der Waals surface area contributed by atoms with Gasteiger partial charge in [-0.25, -0.2) is 9.59 Å². The Morgan fingerprint density at radius 1 is 1.23 bits per heavy atom. The van der Waals surface area contributed by atoms with Gasteiger partial charge in [-0.15, -0.1) is 0 Å². The Bertz CT molecular complexity index is 557. The molecule has 0 saturated carbocycles. The van der Waals surface area contributed by atoms with Gasteiger partial charge in [0.15, 0.2) is 6.10 Å². The van der Waals surface area contributed by atoms with Crippen LogP contribution < -0.4 is 15.8 Å². The average molecular weight is 308 g/mol. The number of imide groups is 1. The molecule has 1 rings (SSSR count). The summed E-state index contributed by atoms with van der Waals surface area (Å²) in [6, 6.07) is 5.56. The largest absolute Gasteiger partial charge is 0.493 e. The number of amides is 3. The van der Waals surface area contributed by atoms with Crippen molar-refractivity contribution in [3.63, 3.8) is 0 Å². The first-order valence-electron chi connectivity index (χ1n) is 6.89. The van der Waals surface area contributed by atoms with Gasteiger partial charge in [-0.3, -0.25) is 10.1 Å². The lowest BCUT2D eigenvalue weighted by atomic mass is 10.1. The lowest BCUT2D eigenvalue weighted by molar-refractivity contribution is -0.130. The number of ether oxygens (including phenoxy) is 2. The standard InChI is InChI=1S/C15H20N2O5/c1-4-21-11-8-6-5-7-10(11)14(19)22-12(9(2)3)13(18)17-15(16)20/h5-9,12H,4H2,1-3H3,(H3,16,17,18,20). The van der Waals surface area contributed by atoms with E-state index in [1.807, 2.05) is 5.32 Å². The number of nitrogens with one attached hydrogen (secondary N) is 1. The van der Waals surface area contributed by atoms with Crippen LogP contribution in [0.2, 0.25) is 0 Å². The van der Waals surface area contributed by atoms with Crippen molar-refractivity contribution in [2.45, 2.75) is 26.9 Å². The molecule has 0 saturated heterocycles. The lowest BCUT2D eigenvalue weighted by Crippen LogP contribution is -2.45. The number of para-hydroxylation sites is 1. The van der Waals surface area contributed by atoms with Crippen molar-refractivity contribution in [3.8, 4) is 5.75 Å². The molecule has 1 aromatic rings. The van der Waals surface area contributed by atoms with Gasteiger partial charge in [0, 0.05) is 0 Å². The quantitative estimate of drug-likeness (QED) is 0.774. The molecule has 3 amide bonds. The van der Waals surface area contributed by atoms with E-state index in [0.717, 1.165) is 0 Å². The number of hydrogen-bond donors (Lipinski definition) is 2. The van der Waals surface area contributed by atoms with Gasteiger partial charge in [0.25, 0.3) is 5.91 Å². The van der Waals surface area contributed by atoms with Gasteiger partial charge >= 0.3 is 12.0 Å². The van der Waals surface area contributed by atoms with Crippen molar-refractivity contribution in [3.05, 3.63) is 29.8 Å². The Balaban J connectivity index is 2.92. The highest BCUT2D eigenvalue weighted by molar-refractivity contribution is 5.99. The first-order valence-corrected chi connectivity index (χ1v) is 6.89. The first kappa shape index (κ1) is 17.5. The molecule has 22 heavy (non-hydrogen) atoms. The Morgan fingerprint density at radius 3 is 2.41 bits per heavy atom. The van der Waals surface area contributed by atoms with Crippen LogP contribution in [0.1, 0.15) is 31.1 Å². The van der Waals surface area contributed by atoms with E-state index in [1.54, 1.807) is 39.0 Å². The van der Waals surface area contributed by atoms with Gasteiger partial charge in [0.2, 0.25) is 0 Å². The first-order chi connectivity index (χ1) is 10.4. The van der Waals surface area contributed by atoms with E-state index >= 15 is 0 Å². The Morgan fingerprint density at radius 2 is 1.86 bits per heavy atom. The maximum atomic E-state index is 12.2. The number of primary amides is 1. The molecular formula is C15H20N2O5. The topological polar surface area (TPSA) is 108 Å². The number of rotatable bonds is 6. The highest BCUT2D eigenvalue weighted by Gasteiger charge is 2.28. The van der Waals surface area contributed by atoms with Crippen LogP contribution in [0.25, 0.3) is 0 Å². The second kappa shape index (κ2) is 8.02. The zero-order chi connectivity index (χ0) is 16.7. The molecule has 0 aliphatic rings. The predicted molar refractivity (Wildman–Crippen MR) is 79.4 cm³/mol. The Labute approximate surface area is 128 Å². The minimum Gasteiger partial charge on any atom is -0.493 e. The fourth-order valence-corrected chi connectivity index (χ4v) is 1.78. The molecule has 0 aliphatic heterocycles. The zero-order valence-corrected chi connectivity index (χ0v) is 12.8. The molecule has 1 atom stereocenters. The van der Waals surface area contributed by atoms with Crippen molar-refractivity contribution in [2.24, 2.45) is 11.7 Å². The van der Waals surface area contributed by atoms with E-state index in [-0.39, 0.29) is 11.5 Å². The summed E-state index contributed by atoms with van der Waals surface area (Å²) in [5.41, 5.74) is 5.12. The third-order valence-corrected chi connectivity index (χ3v) is 2.75. The van der Waals surface area contributed by atoms with Crippen LogP contribution >= 0.6 is 0 Å². The summed E-state index contributed by atoms with van der Waals surface area (Å²) >= 11 is 0. The van der Waals surface area contributed by atoms with E-state index in [1.165, 1.54) is 6.07 Å². The number of carbonyl (C=O) groups excluding carboxylic acids is 3. The molecule has 7 heteroatoms. The Kier molecular flexibility index (Phi) is 6.37. The summed E-state index contributed by atoms with van der Waals surface area (Å²) in [4.78, 5) is 34.9. The summed E-state index contributed by atoms with van der Waals surface area (Å²) in [5.74, 6) is -1.43. The molecule has 3 N–H and O–H groups in total. The van der Waals surface area contributed by atoms with Crippen molar-refractivity contribution >= 4 is 17.9 Å². The van der Waals surface area contributed by atoms with Crippen molar-refractivity contribution in [2.75, 3.05) is 6.61 Å². The summed E-state index contributed by atoms with van der Waals surface area (Å²) in [6.07, 6.45) is -1.13. The van der Waals surface area contributed by atoms with Crippen LogP contribution in [-0.2, 0) is 9.53 Å². The van der Waals surface area contributed by atoms with Crippen LogP contribution in [0, 0.1) is 5.92 Å². The molecule has 0 aliphatic carbocycles. The highest BCUT2D eigenvalue weighted by atomic mass is 16.6. The number of urea groups is 1. The van der Waals surface area contributed by atoms with E-state index in [4.69, 9.17) is 15.2 Å². The van der Waals surface area contributed by atoms with E-state index in [9.17, 15) is 14.4 Å². The number of benzene rings is 1. The van der Waals surface area contributed by atoms with E-state index < -0.39 is 24.0 Å². The second-order valence-corrected chi connectivity index (χ2v) is 4.85. The van der Waals surface area contributed by atoms with Gasteiger partial charge in [0.05, 0.1) is 6.61 Å². The van der Waals surface area contributed by atoms with Crippen LogP contribution in [0.3, 0.4) is 0 Å². The summed E-state index contributed by atoms with van der Waals surface area (Å²) < 4.78 is 10.6. The number of carbonyl (C=O) groups is 3. The second-order valence-electron chi connectivity index (χ2n) is 4.85. The maximum absolute atomic E-state index is 12.2. The lowest BCUT2D eigenvalue weighted by Gasteiger charge is -2.20. The van der Waals surface area contributed by atoms with Crippen molar-refractivity contribution in [1.29, 1.82) is 0 Å². The van der Waals surface area contributed by atoms with Crippen LogP contribution in [0.5, 0.6) is 5.75 Å².